The summed E-state index contributed by atoms with van der Waals surface area (Å²) >= 11 is 3.31. The molecule has 1 unspecified atom stereocenters. The minimum absolute atomic E-state index is 0.246. The van der Waals surface area contributed by atoms with Crippen LogP contribution in [0.3, 0.4) is 0 Å². The van der Waals surface area contributed by atoms with Gasteiger partial charge in [0.15, 0.2) is 0 Å². The molecule has 0 amide bonds. The third-order valence-electron chi connectivity index (χ3n) is 2.61. The van der Waals surface area contributed by atoms with Gasteiger partial charge in [-0.15, -0.1) is 0 Å². The highest BCUT2D eigenvalue weighted by molar-refractivity contribution is 9.10. The summed E-state index contributed by atoms with van der Waals surface area (Å²) < 4.78 is 27.0. The second-order valence-corrected chi connectivity index (χ2v) is 4.96. The van der Waals surface area contributed by atoms with Crippen molar-refractivity contribution in [3.8, 4) is 0 Å². The van der Waals surface area contributed by atoms with Crippen molar-refractivity contribution in [3.63, 3.8) is 0 Å². The molecule has 0 heterocycles. The largest absolute Gasteiger partial charge is 0.388 e. The highest BCUT2D eigenvalue weighted by Crippen LogP contribution is 2.21. The molecule has 0 spiro atoms. The number of benzene rings is 2. The third kappa shape index (κ3) is 3.37. The van der Waals surface area contributed by atoms with Gasteiger partial charge in [-0.3, -0.25) is 0 Å². The second kappa shape index (κ2) is 5.59. The highest BCUT2D eigenvalue weighted by atomic mass is 79.9. The SMILES string of the molecule is OC(Cc1ccc(Br)cc1)c1cc(F)cc(F)c1. The van der Waals surface area contributed by atoms with E-state index in [1.807, 2.05) is 24.3 Å². The Labute approximate surface area is 112 Å². The predicted octanol–water partition coefficient (Wildman–Crippen LogP) is 4.00. The molecular formula is C14H11BrF2O. The molecule has 1 N–H and O–H groups in total. The van der Waals surface area contributed by atoms with Gasteiger partial charge in [-0.25, -0.2) is 8.78 Å². The maximum atomic E-state index is 13.0. The van der Waals surface area contributed by atoms with E-state index in [0.717, 1.165) is 28.2 Å². The number of hydrogen-bond donors (Lipinski definition) is 1. The summed E-state index contributed by atoms with van der Waals surface area (Å²) in [6.07, 6.45) is -0.604. The minimum atomic E-state index is -0.920. The molecule has 0 aliphatic heterocycles. The third-order valence-corrected chi connectivity index (χ3v) is 3.14. The Hall–Kier alpha value is -1.26. The first-order valence-electron chi connectivity index (χ1n) is 5.43. The van der Waals surface area contributed by atoms with Gasteiger partial charge >= 0.3 is 0 Å². The molecule has 0 aromatic heterocycles. The lowest BCUT2D eigenvalue weighted by Gasteiger charge is -2.11. The van der Waals surface area contributed by atoms with Crippen LogP contribution in [0.15, 0.2) is 46.9 Å². The van der Waals surface area contributed by atoms with E-state index in [1.165, 1.54) is 0 Å². The molecule has 0 bridgehead atoms. The summed E-state index contributed by atoms with van der Waals surface area (Å²) in [5.41, 5.74) is 1.14. The first-order chi connectivity index (χ1) is 8.54. The average Bonchev–Trinajstić information content (AvgIpc) is 2.31. The van der Waals surface area contributed by atoms with E-state index in [2.05, 4.69) is 15.9 Å². The monoisotopic (exact) mass is 312 g/mol. The van der Waals surface area contributed by atoms with E-state index in [-0.39, 0.29) is 5.56 Å². The summed E-state index contributed by atoms with van der Waals surface area (Å²) in [5, 5.41) is 9.95. The van der Waals surface area contributed by atoms with Crippen LogP contribution in [-0.4, -0.2) is 5.11 Å². The molecule has 4 heteroatoms. The van der Waals surface area contributed by atoms with Crippen molar-refractivity contribution in [1.82, 2.24) is 0 Å². The fourth-order valence-corrected chi connectivity index (χ4v) is 1.99. The zero-order valence-electron chi connectivity index (χ0n) is 9.41. The lowest BCUT2D eigenvalue weighted by atomic mass is 10.0. The predicted molar refractivity (Wildman–Crippen MR) is 69.2 cm³/mol. The first kappa shape index (κ1) is 13.2. The van der Waals surface area contributed by atoms with Crippen LogP contribution in [0.5, 0.6) is 0 Å². The van der Waals surface area contributed by atoms with Gasteiger partial charge in [0.25, 0.3) is 0 Å². The lowest BCUT2D eigenvalue weighted by molar-refractivity contribution is 0.177. The maximum absolute atomic E-state index is 13.0. The normalized spacial score (nSPS) is 12.4. The molecular weight excluding hydrogens is 302 g/mol. The summed E-state index contributed by atoms with van der Waals surface area (Å²) in [5.74, 6) is -1.36. The van der Waals surface area contributed by atoms with Gasteiger partial charge in [0.05, 0.1) is 6.10 Å². The minimum Gasteiger partial charge on any atom is -0.388 e. The molecule has 0 fully saturated rings. The van der Waals surface area contributed by atoms with Crippen molar-refractivity contribution in [2.75, 3.05) is 0 Å². The van der Waals surface area contributed by atoms with Gasteiger partial charge in [-0.1, -0.05) is 28.1 Å². The molecule has 2 aromatic rings. The van der Waals surface area contributed by atoms with Crippen LogP contribution in [0.4, 0.5) is 8.78 Å². The molecule has 0 aliphatic carbocycles. The van der Waals surface area contributed by atoms with Gasteiger partial charge in [0.2, 0.25) is 0 Å². The Balaban J connectivity index is 2.16. The molecule has 0 saturated heterocycles. The summed E-state index contributed by atoms with van der Waals surface area (Å²) in [6, 6.07) is 10.5. The Kier molecular flexibility index (Phi) is 4.09. The quantitative estimate of drug-likeness (QED) is 0.908. The van der Waals surface area contributed by atoms with Crippen LogP contribution in [-0.2, 0) is 6.42 Å². The number of aliphatic hydroxyl groups excluding tert-OH is 1. The van der Waals surface area contributed by atoms with Gasteiger partial charge < -0.3 is 5.11 Å². The fourth-order valence-electron chi connectivity index (χ4n) is 1.73. The van der Waals surface area contributed by atoms with Crippen LogP contribution < -0.4 is 0 Å². The number of halogens is 3. The van der Waals surface area contributed by atoms with Crippen molar-refractivity contribution >= 4 is 15.9 Å². The van der Waals surface area contributed by atoms with E-state index >= 15 is 0 Å². The second-order valence-electron chi connectivity index (χ2n) is 4.05. The van der Waals surface area contributed by atoms with Gasteiger partial charge in [0.1, 0.15) is 11.6 Å². The van der Waals surface area contributed by atoms with E-state index < -0.39 is 17.7 Å². The van der Waals surface area contributed by atoms with Crippen molar-refractivity contribution in [1.29, 1.82) is 0 Å². The molecule has 1 atom stereocenters. The average molecular weight is 313 g/mol. The number of aliphatic hydroxyl groups is 1. The molecule has 18 heavy (non-hydrogen) atoms. The fraction of sp³-hybridized carbons (Fsp3) is 0.143. The molecule has 1 nitrogen and oxygen atoms in total. The molecule has 0 radical (unpaired) electrons. The van der Waals surface area contributed by atoms with Crippen molar-refractivity contribution in [3.05, 3.63) is 69.7 Å². The smallest absolute Gasteiger partial charge is 0.126 e. The maximum Gasteiger partial charge on any atom is 0.126 e. The Bertz CT molecular complexity index is 520. The summed E-state index contributed by atoms with van der Waals surface area (Å²) in [4.78, 5) is 0. The molecule has 2 rings (SSSR count). The lowest BCUT2D eigenvalue weighted by Crippen LogP contribution is -2.03. The van der Waals surface area contributed by atoms with Crippen LogP contribution in [0.2, 0.25) is 0 Å². The Morgan fingerprint density at radius 1 is 1.00 bits per heavy atom. The first-order valence-corrected chi connectivity index (χ1v) is 6.22. The molecule has 94 valence electrons. The summed E-state index contributed by atoms with van der Waals surface area (Å²) in [7, 11) is 0. The Morgan fingerprint density at radius 3 is 2.11 bits per heavy atom. The topological polar surface area (TPSA) is 20.2 Å². The molecule has 0 saturated carbocycles. The van der Waals surface area contributed by atoms with Crippen LogP contribution in [0, 0.1) is 11.6 Å². The van der Waals surface area contributed by atoms with Gasteiger partial charge in [0, 0.05) is 17.0 Å². The van der Waals surface area contributed by atoms with Gasteiger partial charge in [-0.2, -0.15) is 0 Å². The standard InChI is InChI=1S/C14H11BrF2O/c15-11-3-1-9(2-4-11)5-14(18)10-6-12(16)8-13(17)7-10/h1-4,6-8,14,18H,5H2. The van der Waals surface area contributed by atoms with Crippen LogP contribution >= 0.6 is 15.9 Å². The van der Waals surface area contributed by atoms with Crippen molar-refractivity contribution in [2.24, 2.45) is 0 Å². The summed E-state index contributed by atoms with van der Waals surface area (Å²) in [6.45, 7) is 0. The number of hydrogen-bond acceptors (Lipinski definition) is 1. The van der Waals surface area contributed by atoms with Crippen molar-refractivity contribution in [2.45, 2.75) is 12.5 Å². The van der Waals surface area contributed by atoms with Crippen LogP contribution in [0.1, 0.15) is 17.2 Å². The zero-order valence-corrected chi connectivity index (χ0v) is 11.0. The van der Waals surface area contributed by atoms with E-state index in [4.69, 9.17) is 0 Å². The molecule has 0 aliphatic rings. The molecule has 2 aromatic carbocycles. The number of rotatable bonds is 3. The Morgan fingerprint density at radius 2 is 1.56 bits per heavy atom. The zero-order chi connectivity index (χ0) is 13.1. The van der Waals surface area contributed by atoms with Crippen LogP contribution in [0.25, 0.3) is 0 Å². The van der Waals surface area contributed by atoms with Gasteiger partial charge in [-0.05, 0) is 35.4 Å². The highest BCUT2D eigenvalue weighted by Gasteiger charge is 2.11. The van der Waals surface area contributed by atoms with E-state index in [9.17, 15) is 13.9 Å². The van der Waals surface area contributed by atoms with E-state index in [1.54, 1.807) is 0 Å². The van der Waals surface area contributed by atoms with Crippen molar-refractivity contribution < 1.29 is 13.9 Å². The van der Waals surface area contributed by atoms with E-state index in [0.29, 0.717) is 6.42 Å².